The zero-order valence-corrected chi connectivity index (χ0v) is 26.0. The third-order valence-corrected chi connectivity index (χ3v) is 8.91. The molecule has 8 rings (SSSR count). The zero-order chi connectivity index (χ0) is 30.7. The van der Waals surface area contributed by atoms with Crippen LogP contribution in [-0.2, 0) is 5.41 Å². The lowest BCUT2D eigenvalue weighted by Crippen LogP contribution is -2.13. The minimum atomic E-state index is -0.0528. The van der Waals surface area contributed by atoms with E-state index in [1.165, 1.54) is 22.3 Å². The molecule has 45 heavy (non-hydrogen) atoms. The van der Waals surface area contributed by atoms with Crippen LogP contribution in [0.15, 0.2) is 138 Å². The fraction of sp³-hybridized carbons (Fsp3) is 0.119. The molecule has 0 saturated carbocycles. The first-order valence-corrected chi connectivity index (χ1v) is 15.6. The van der Waals surface area contributed by atoms with Crippen molar-refractivity contribution in [2.24, 2.45) is 0 Å². The number of imidazole rings is 1. The van der Waals surface area contributed by atoms with Gasteiger partial charge in [-0.15, -0.1) is 0 Å². The molecule has 0 radical (unpaired) electrons. The van der Waals surface area contributed by atoms with Crippen molar-refractivity contribution in [2.45, 2.75) is 33.1 Å². The zero-order valence-electron chi connectivity index (χ0n) is 26.0. The Hall–Kier alpha value is -5.41. The monoisotopic (exact) mass is 582 g/mol. The first-order valence-electron chi connectivity index (χ1n) is 15.6. The van der Waals surface area contributed by atoms with Gasteiger partial charge in [-0.3, -0.25) is 4.57 Å². The van der Waals surface area contributed by atoms with Crippen LogP contribution < -0.4 is 0 Å². The quantitative estimate of drug-likeness (QED) is 0.207. The van der Waals surface area contributed by atoms with E-state index < -0.39 is 0 Å². The van der Waals surface area contributed by atoms with Gasteiger partial charge in [0.15, 0.2) is 0 Å². The molecule has 0 aliphatic rings. The Morgan fingerprint density at radius 3 is 1.89 bits per heavy atom. The number of rotatable bonds is 4. The lowest BCUT2D eigenvalue weighted by Gasteiger charge is -2.26. The molecular formula is C42H34N2O. The second-order valence-electron chi connectivity index (χ2n) is 12.9. The summed E-state index contributed by atoms with van der Waals surface area (Å²) in [6.45, 7) is 9.01. The highest BCUT2D eigenvalue weighted by Crippen LogP contribution is 2.45. The van der Waals surface area contributed by atoms with Gasteiger partial charge in [0.25, 0.3) is 0 Å². The summed E-state index contributed by atoms with van der Waals surface area (Å²) in [5.41, 5.74) is 12.9. The highest BCUT2D eigenvalue weighted by Gasteiger charge is 2.26. The molecular weight excluding hydrogens is 548 g/mol. The van der Waals surface area contributed by atoms with Crippen LogP contribution in [0.5, 0.6) is 0 Å². The van der Waals surface area contributed by atoms with E-state index in [1.54, 1.807) is 0 Å². The Balaban J connectivity index is 1.56. The van der Waals surface area contributed by atoms with Crippen molar-refractivity contribution in [2.75, 3.05) is 0 Å². The molecule has 0 N–H and O–H groups in total. The predicted octanol–water partition coefficient (Wildman–Crippen LogP) is 11.5. The van der Waals surface area contributed by atoms with Crippen LogP contribution in [0.25, 0.3) is 72.3 Å². The van der Waals surface area contributed by atoms with Crippen molar-refractivity contribution < 1.29 is 4.42 Å². The lowest BCUT2D eigenvalue weighted by atomic mass is 9.82. The van der Waals surface area contributed by atoms with Crippen LogP contribution in [0.3, 0.4) is 0 Å². The molecule has 6 aromatic carbocycles. The highest BCUT2D eigenvalue weighted by molar-refractivity contribution is 6.11. The number of hydrogen-bond acceptors (Lipinski definition) is 2. The summed E-state index contributed by atoms with van der Waals surface area (Å²) >= 11 is 0. The van der Waals surface area contributed by atoms with E-state index in [2.05, 4.69) is 154 Å². The molecule has 218 valence electrons. The van der Waals surface area contributed by atoms with Crippen LogP contribution in [0.4, 0.5) is 0 Å². The molecule has 0 bridgehead atoms. The Morgan fingerprint density at radius 2 is 1.22 bits per heavy atom. The van der Waals surface area contributed by atoms with Crippen LogP contribution in [0.1, 0.15) is 31.9 Å². The summed E-state index contributed by atoms with van der Waals surface area (Å²) in [4.78, 5) is 5.35. The summed E-state index contributed by atoms with van der Waals surface area (Å²) in [6, 6.07) is 47.4. The third kappa shape index (κ3) is 4.46. The summed E-state index contributed by atoms with van der Waals surface area (Å²) in [5.74, 6) is 0.859. The number of fused-ring (bicyclic) bond motifs is 4. The second kappa shape index (κ2) is 10.3. The van der Waals surface area contributed by atoms with Crippen LogP contribution in [-0.4, -0.2) is 9.55 Å². The average molecular weight is 583 g/mol. The van der Waals surface area contributed by atoms with Gasteiger partial charge in [0, 0.05) is 21.9 Å². The van der Waals surface area contributed by atoms with Crippen molar-refractivity contribution in [3.05, 3.63) is 145 Å². The van der Waals surface area contributed by atoms with Gasteiger partial charge >= 0.3 is 0 Å². The maximum atomic E-state index is 6.65. The molecule has 0 aliphatic heterocycles. The number of hydrogen-bond donors (Lipinski definition) is 0. The Kier molecular flexibility index (Phi) is 6.25. The average Bonchev–Trinajstić information content (AvgIpc) is 3.64. The van der Waals surface area contributed by atoms with Gasteiger partial charge in [-0.25, -0.2) is 4.98 Å². The largest absolute Gasteiger partial charge is 0.455 e. The molecule has 2 aromatic heterocycles. The van der Waals surface area contributed by atoms with Crippen molar-refractivity contribution in [3.8, 4) is 39.3 Å². The van der Waals surface area contributed by atoms with Crippen molar-refractivity contribution in [1.29, 1.82) is 0 Å². The smallest absolute Gasteiger partial charge is 0.149 e. The Labute approximate surface area is 263 Å². The molecule has 0 unspecified atom stereocenters. The van der Waals surface area contributed by atoms with Crippen LogP contribution in [0.2, 0.25) is 0 Å². The second-order valence-corrected chi connectivity index (χ2v) is 12.9. The van der Waals surface area contributed by atoms with E-state index >= 15 is 0 Å². The Bertz CT molecular complexity index is 2290. The topological polar surface area (TPSA) is 31.0 Å². The molecule has 3 nitrogen and oxygen atoms in total. The summed E-state index contributed by atoms with van der Waals surface area (Å²) < 4.78 is 9.01. The SMILES string of the molecule is Cc1ccc(-c2nc3ccccc3n2-c2c(-c3ccccc3)cc(C(C)(C)C)cc2-c2ccccc2)c2oc3ccccc3c12. The number of para-hydroxylation sites is 3. The van der Waals surface area contributed by atoms with Gasteiger partial charge in [-0.1, -0.05) is 118 Å². The number of aryl methyl sites for hydroxylation is 1. The van der Waals surface area contributed by atoms with Gasteiger partial charge < -0.3 is 4.42 Å². The van der Waals surface area contributed by atoms with Gasteiger partial charge in [0.05, 0.1) is 22.3 Å². The molecule has 0 saturated heterocycles. The van der Waals surface area contributed by atoms with E-state index in [-0.39, 0.29) is 5.41 Å². The number of furan rings is 1. The van der Waals surface area contributed by atoms with Crippen molar-refractivity contribution >= 4 is 33.0 Å². The third-order valence-electron chi connectivity index (χ3n) is 8.91. The molecule has 0 fully saturated rings. The van der Waals surface area contributed by atoms with E-state index in [4.69, 9.17) is 9.40 Å². The van der Waals surface area contributed by atoms with Gasteiger partial charge in [0.1, 0.15) is 17.0 Å². The number of benzene rings is 6. The standard InChI is InChI=1S/C42H34N2O/c1-27-23-24-32(40-38(27)31-19-11-14-22-37(31)45-40)41-43-35-20-12-13-21-36(35)44(41)39-33(28-15-7-5-8-16-28)25-30(42(2,3)4)26-34(39)29-17-9-6-10-18-29/h5-26H,1-4H3. The normalized spacial score (nSPS) is 12.0. The predicted molar refractivity (Wildman–Crippen MR) is 188 cm³/mol. The van der Waals surface area contributed by atoms with Crippen LogP contribution in [0, 0.1) is 6.92 Å². The minimum Gasteiger partial charge on any atom is -0.455 e. The van der Waals surface area contributed by atoms with Crippen molar-refractivity contribution in [1.82, 2.24) is 9.55 Å². The number of aromatic nitrogens is 2. The lowest BCUT2D eigenvalue weighted by molar-refractivity contribution is 0.590. The molecule has 0 atom stereocenters. The van der Waals surface area contributed by atoms with E-state index in [9.17, 15) is 0 Å². The van der Waals surface area contributed by atoms with E-state index in [1.807, 2.05) is 12.1 Å². The van der Waals surface area contributed by atoms with E-state index in [0.29, 0.717) is 0 Å². The number of nitrogens with zero attached hydrogens (tertiary/aromatic N) is 2. The van der Waals surface area contributed by atoms with Crippen LogP contribution >= 0.6 is 0 Å². The van der Waals surface area contributed by atoms with Crippen molar-refractivity contribution in [3.63, 3.8) is 0 Å². The molecule has 0 spiro atoms. The fourth-order valence-corrected chi connectivity index (χ4v) is 6.59. The molecule has 2 heterocycles. The highest BCUT2D eigenvalue weighted by atomic mass is 16.3. The van der Waals surface area contributed by atoms with Gasteiger partial charge in [-0.2, -0.15) is 0 Å². The first-order chi connectivity index (χ1) is 21.9. The molecule has 0 amide bonds. The summed E-state index contributed by atoms with van der Waals surface area (Å²) in [7, 11) is 0. The van der Waals surface area contributed by atoms with E-state index in [0.717, 1.165) is 61.2 Å². The first kappa shape index (κ1) is 27.2. The molecule has 3 heteroatoms. The summed E-state index contributed by atoms with van der Waals surface area (Å²) in [5, 5.41) is 2.26. The minimum absolute atomic E-state index is 0.0528. The fourth-order valence-electron chi connectivity index (χ4n) is 6.59. The maximum absolute atomic E-state index is 6.65. The maximum Gasteiger partial charge on any atom is 0.149 e. The molecule has 0 aliphatic carbocycles. The Morgan fingerprint density at radius 1 is 0.622 bits per heavy atom. The van der Waals surface area contributed by atoms with Gasteiger partial charge in [-0.05, 0) is 71.0 Å². The van der Waals surface area contributed by atoms with Gasteiger partial charge in [0.2, 0.25) is 0 Å². The molecule has 8 aromatic rings. The summed E-state index contributed by atoms with van der Waals surface area (Å²) in [6.07, 6.45) is 0.